The Kier molecular flexibility index (Phi) is 6.83. The molecule has 2 heterocycles. The van der Waals surface area contributed by atoms with Gasteiger partial charge in [-0.2, -0.15) is 0 Å². The Bertz CT molecular complexity index is 1520. The summed E-state index contributed by atoms with van der Waals surface area (Å²) in [6.07, 6.45) is 2.43. The van der Waals surface area contributed by atoms with Gasteiger partial charge in [0.15, 0.2) is 4.77 Å². The van der Waals surface area contributed by atoms with Crippen LogP contribution in [0.3, 0.4) is 0 Å². The van der Waals surface area contributed by atoms with Crippen molar-refractivity contribution < 1.29 is 14.3 Å². The van der Waals surface area contributed by atoms with Crippen molar-refractivity contribution in [3.05, 3.63) is 96.9 Å². The number of aromatic hydroxyl groups is 1. The highest BCUT2D eigenvalue weighted by Crippen LogP contribution is 2.24. The van der Waals surface area contributed by atoms with E-state index in [4.69, 9.17) is 12.2 Å². The molecule has 174 valence electrons. The van der Waals surface area contributed by atoms with Gasteiger partial charge >= 0.3 is 0 Å². The van der Waals surface area contributed by atoms with Crippen LogP contribution in [-0.2, 0) is 11.3 Å². The van der Waals surface area contributed by atoms with Crippen LogP contribution in [0.2, 0.25) is 0 Å². The van der Waals surface area contributed by atoms with Gasteiger partial charge in [0.25, 0.3) is 5.56 Å². The summed E-state index contributed by atoms with van der Waals surface area (Å²) < 4.78 is 14.7. The number of aromatic amines is 1. The molecule has 3 N–H and O–H groups in total. The minimum atomic E-state index is -0.546. The molecule has 1 aromatic heterocycles. The molecule has 0 saturated heterocycles. The van der Waals surface area contributed by atoms with Crippen LogP contribution in [0.15, 0.2) is 64.0 Å². The zero-order chi connectivity index (χ0) is 24.2. The zero-order valence-corrected chi connectivity index (χ0v) is 19.3. The first-order valence-electron chi connectivity index (χ1n) is 10.8. The maximum absolute atomic E-state index is 13.3. The summed E-state index contributed by atoms with van der Waals surface area (Å²) in [7, 11) is 0. The topological polar surface area (TPSA) is 99.5 Å². The van der Waals surface area contributed by atoms with E-state index >= 15 is 0 Å². The maximum Gasteiger partial charge on any atom is 0.262 e. The monoisotopic (exact) mass is 478 g/mol. The van der Waals surface area contributed by atoms with Crippen molar-refractivity contribution in [3.8, 4) is 5.88 Å². The predicted molar refractivity (Wildman–Crippen MR) is 130 cm³/mol. The number of halogens is 1. The highest BCUT2D eigenvalue weighted by Gasteiger charge is 2.17. The highest BCUT2D eigenvalue weighted by atomic mass is 32.1. The second-order valence-corrected chi connectivity index (χ2v) is 8.19. The minimum Gasteiger partial charge on any atom is -0.494 e. The van der Waals surface area contributed by atoms with Gasteiger partial charge in [0.1, 0.15) is 11.4 Å². The van der Waals surface area contributed by atoms with E-state index in [0.29, 0.717) is 30.6 Å². The predicted octanol–water partition coefficient (Wildman–Crippen LogP) is 2.54. The smallest absolute Gasteiger partial charge is 0.262 e. The van der Waals surface area contributed by atoms with Gasteiger partial charge in [0.05, 0.1) is 17.6 Å². The van der Waals surface area contributed by atoms with E-state index in [9.17, 15) is 19.1 Å². The summed E-state index contributed by atoms with van der Waals surface area (Å²) in [5.41, 5.74) is 1.55. The molecule has 1 aliphatic heterocycles. The van der Waals surface area contributed by atoms with Crippen LogP contribution >= 0.6 is 12.2 Å². The Morgan fingerprint density at radius 3 is 2.71 bits per heavy atom. The normalized spacial score (nSPS) is 13.6. The number of nitrogens with zero attached hydrogens (tertiary/aromatic N) is 2. The Morgan fingerprint density at radius 1 is 1.24 bits per heavy atom. The van der Waals surface area contributed by atoms with Gasteiger partial charge in [-0.3, -0.25) is 19.1 Å². The lowest BCUT2D eigenvalue weighted by molar-refractivity contribution is -0.120. The van der Waals surface area contributed by atoms with Crippen LogP contribution in [0.25, 0.3) is 11.6 Å². The lowest BCUT2D eigenvalue weighted by atomic mass is 10.1. The molecule has 7 nitrogen and oxygen atoms in total. The van der Waals surface area contributed by atoms with Crippen molar-refractivity contribution in [3.63, 3.8) is 0 Å². The quantitative estimate of drug-likeness (QED) is 0.455. The number of nitrogens with one attached hydrogen (secondary N) is 2. The highest BCUT2D eigenvalue weighted by molar-refractivity contribution is 7.71. The van der Waals surface area contributed by atoms with Gasteiger partial charge in [-0.25, -0.2) is 9.38 Å². The molecule has 9 heteroatoms. The largest absolute Gasteiger partial charge is 0.494 e. The fraction of sp³-hybridized carbons (Fsp3) is 0.200. The number of hydrogen-bond acceptors (Lipinski definition) is 5. The first-order chi connectivity index (χ1) is 16.4. The molecule has 0 atom stereocenters. The zero-order valence-electron chi connectivity index (χ0n) is 18.5. The van der Waals surface area contributed by atoms with Gasteiger partial charge in [-0.1, -0.05) is 37.3 Å². The summed E-state index contributed by atoms with van der Waals surface area (Å²) in [5.74, 6) is -0.731. The van der Waals surface area contributed by atoms with Crippen molar-refractivity contribution in [2.75, 3.05) is 6.54 Å². The Balaban J connectivity index is 1.75. The molecule has 0 spiro atoms. The third kappa shape index (κ3) is 4.89. The molecule has 34 heavy (non-hydrogen) atoms. The number of rotatable bonds is 7. The number of hydrogen-bond donors (Lipinski definition) is 3. The summed E-state index contributed by atoms with van der Waals surface area (Å²) in [6.45, 7) is 2.35. The average Bonchev–Trinajstić information content (AvgIpc) is 3.17. The Labute approximate surface area is 199 Å². The minimum absolute atomic E-state index is 0.0114. The lowest BCUT2D eigenvalue weighted by Crippen LogP contribution is -2.26. The molecule has 3 aromatic rings. The molecule has 0 aliphatic carbocycles. The summed E-state index contributed by atoms with van der Waals surface area (Å²) in [4.78, 5) is 31.6. The molecule has 1 amide bonds. The molecule has 4 rings (SSSR count). The first-order valence-corrected chi connectivity index (χ1v) is 11.2. The van der Waals surface area contributed by atoms with E-state index < -0.39 is 5.56 Å². The molecule has 2 aromatic carbocycles. The molecule has 0 radical (unpaired) electrons. The standard InChI is InChI=1S/C25H23FN4O3S/c1-2-22(31)27-12-11-18-17-5-3-4-6-20(17)28-21(18)13-19-23(32)29-25(34)30(24(19)33)14-15-7-9-16(26)10-8-15/h3-10,13,33H,2,11-12,14H2,1H3,(H,27,31)(H,29,32,34)/b21-13-. The van der Waals surface area contributed by atoms with Crippen molar-refractivity contribution in [2.24, 2.45) is 4.99 Å². The van der Waals surface area contributed by atoms with Gasteiger partial charge in [-0.15, -0.1) is 0 Å². The Hall–Kier alpha value is -3.85. The number of fused-ring (bicyclic) bond motifs is 1. The van der Waals surface area contributed by atoms with Crippen LogP contribution in [0, 0.1) is 10.6 Å². The third-order valence-corrected chi connectivity index (χ3v) is 5.86. The molecule has 0 bridgehead atoms. The van der Waals surface area contributed by atoms with Crippen LogP contribution < -0.4 is 21.5 Å². The number of aromatic nitrogens is 2. The number of para-hydroxylation sites is 1. The number of H-pyrrole nitrogens is 1. The Morgan fingerprint density at radius 2 is 1.97 bits per heavy atom. The van der Waals surface area contributed by atoms with Crippen LogP contribution in [0.4, 0.5) is 4.39 Å². The molecule has 0 unspecified atom stereocenters. The first kappa shape index (κ1) is 23.3. The number of amides is 1. The number of benzene rings is 2. The number of carbonyl (C=O) groups is 1. The molecule has 1 aliphatic rings. The van der Waals surface area contributed by atoms with Crippen molar-refractivity contribution in [1.29, 1.82) is 0 Å². The summed E-state index contributed by atoms with van der Waals surface area (Å²) in [5, 5.41) is 15.5. The van der Waals surface area contributed by atoms with E-state index in [0.717, 1.165) is 16.1 Å². The van der Waals surface area contributed by atoms with E-state index in [1.54, 1.807) is 19.1 Å². The van der Waals surface area contributed by atoms with Crippen LogP contribution in [-0.4, -0.2) is 27.1 Å². The molecule has 0 fully saturated rings. The van der Waals surface area contributed by atoms with E-state index in [1.807, 2.05) is 24.3 Å². The molecule has 0 saturated carbocycles. The van der Waals surface area contributed by atoms with Crippen molar-refractivity contribution >= 4 is 29.8 Å². The molecular weight excluding hydrogens is 455 g/mol. The van der Waals surface area contributed by atoms with Gasteiger partial charge < -0.3 is 10.4 Å². The SMILES string of the molecule is CCC(=O)NCCC1=c2ccccc2=N/C1=C\c1c(O)n(Cc2ccc(F)cc2)c(=S)[nH]c1=O. The van der Waals surface area contributed by atoms with Crippen LogP contribution in [0.1, 0.15) is 30.9 Å². The van der Waals surface area contributed by atoms with Gasteiger partial charge in [0.2, 0.25) is 11.8 Å². The van der Waals surface area contributed by atoms with Crippen molar-refractivity contribution in [2.45, 2.75) is 26.3 Å². The van der Waals surface area contributed by atoms with E-state index in [1.165, 1.54) is 22.8 Å². The van der Waals surface area contributed by atoms with Crippen LogP contribution in [0.5, 0.6) is 5.88 Å². The van der Waals surface area contributed by atoms with E-state index in [2.05, 4.69) is 15.3 Å². The average molecular weight is 479 g/mol. The fourth-order valence-corrected chi connectivity index (χ4v) is 4.00. The second-order valence-electron chi connectivity index (χ2n) is 7.80. The number of carbonyl (C=O) groups excluding carboxylic acids is 1. The number of allylic oxidation sites excluding steroid dienone is 1. The maximum atomic E-state index is 13.3. The fourth-order valence-electron chi connectivity index (χ4n) is 3.76. The molecular formula is C25H23FN4O3S. The third-order valence-electron chi connectivity index (χ3n) is 5.54. The lowest BCUT2D eigenvalue weighted by Gasteiger charge is -2.12. The van der Waals surface area contributed by atoms with Gasteiger partial charge in [0, 0.05) is 18.2 Å². The van der Waals surface area contributed by atoms with E-state index in [-0.39, 0.29) is 34.5 Å². The summed E-state index contributed by atoms with van der Waals surface area (Å²) >= 11 is 5.25. The van der Waals surface area contributed by atoms with Crippen molar-refractivity contribution in [1.82, 2.24) is 14.9 Å². The van der Waals surface area contributed by atoms with Gasteiger partial charge in [-0.05, 0) is 54.1 Å². The summed E-state index contributed by atoms with van der Waals surface area (Å²) in [6, 6.07) is 13.4. The second kappa shape index (κ2) is 9.96.